The molecular formula is C12H14N4O4. The van der Waals surface area contributed by atoms with Crippen molar-refractivity contribution < 1.29 is 19.5 Å². The van der Waals surface area contributed by atoms with Crippen LogP contribution in [0.25, 0.3) is 0 Å². The van der Waals surface area contributed by atoms with E-state index < -0.39 is 6.09 Å². The summed E-state index contributed by atoms with van der Waals surface area (Å²) in [4.78, 5) is 37.7. The summed E-state index contributed by atoms with van der Waals surface area (Å²) in [7, 11) is 1.56. The summed E-state index contributed by atoms with van der Waals surface area (Å²) in [6.07, 6.45) is -0.548. The molecule has 0 aliphatic carbocycles. The number of hydrogen-bond acceptors (Lipinski definition) is 4. The quantitative estimate of drug-likeness (QED) is 0.695. The van der Waals surface area contributed by atoms with Crippen molar-refractivity contribution >= 4 is 17.8 Å². The van der Waals surface area contributed by atoms with Gasteiger partial charge in [-0.1, -0.05) is 0 Å². The van der Waals surface area contributed by atoms with Gasteiger partial charge in [-0.3, -0.25) is 14.3 Å². The zero-order valence-electron chi connectivity index (χ0n) is 11.0. The highest BCUT2D eigenvalue weighted by molar-refractivity contribution is 5.98. The third kappa shape index (κ3) is 1.84. The Morgan fingerprint density at radius 3 is 2.70 bits per heavy atom. The molecule has 0 fully saturated rings. The van der Waals surface area contributed by atoms with E-state index in [1.165, 1.54) is 14.5 Å². The molecule has 2 amide bonds. The van der Waals surface area contributed by atoms with Crippen LogP contribution in [0.3, 0.4) is 0 Å². The van der Waals surface area contributed by atoms with Crippen molar-refractivity contribution in [3.63, 3.8) is 0 Å². The van der Waals surface area contributed by atoms with E-state index in [-0.39, 0.29) is 31.3 Å². The second kappa shape index (κ2) is 4.32. The third-order valence-corrected chi connectivity index (χ3v) is 3.66. The van der Waals surface area contributed by atoms with Crippen LogP contribution in [0.2, 0.25) is 0 Å². The summed E-state index contributed by atoms with van der Waals surface area (Å²) in [5.41, 5.74) is 1.69. The highest BCUT2D eigenvalue weighted by Gasteiger charge is 2.33. The Kier molecular flexibility index (Phi) is 2.73. The van der Waals surface area contributed by atoms with E-state index in [0.29, 0.717) is 29.9 Å². The first-order valence-electron chi connectivity index (χ1n) is 6.31. The molecule has 0 bridgehead atoms. The van der Waals surface area contributed by atoms with Crippen molar-refractivity contribution in [3.05, 3.63) is 17.0 Å². The molecule has 0 saturated heterocycles. The van der Waals surface area contributed by atoms with Crippen molar-refractivity contribution in [2.45, 2.75) is 19.5 Å². The highest BCUT2D eigenvalue weighted by atomic mass is 16.4. The van der Waals surface area contributed by atoms with Crippen LogP contribution in [0.5, 0.6) is 0 Å². The molecule has 1 aromatic rings. The zero-order chi connectivity index (χ0) is 14.4. The van der Waals surface area contributed by atoms with Crippen molar-refractivity contribution in [3.8, 4) is 0 Å². The summed E-state index contributed by atoms with van der Waals surface area (Å²) < 4.78 is 1.42. The molecule has 20 heavy (non-hydrogen) atoms. The lowest BCUT2D eigenvalue weighted by Crippen LogP contribution is -2.36. The fourth-order valence-electron chi connectivity index (χ4n) is 2.68. The molecule has 0 saturated carbocycles. The minimum absolute atomic E-state index is 0.0552. The van der Waals surface area contributed by atoms with Crippen LogP contribution in [-0.2, 0) is 24.3 Å². The van der Waals surface area contributed by atoms with E-state index in [1.807, 2.05) is 0 Å². The Morgan fingerprint density at radius 1 is 1.25 bits per heavy atom. The van der Waals surface area contributed by atoms with Gasteiger partial charge in [0.05, 0.1) is 18.8 Å². The maximum atomic E-state index is 12.3. The van der Waals surface area contributed by atoms with Crippen LogP contribution in [0.4, 0.5) is 4.79 Å². The number of likely N-dealkylation sites (N-methyl/N-ethyl adjacent to an activating group) is 1. The minimum atomic E-state index is -1.01. The SMILES string of the molecule is CN1CC(=O)Cn2nc3c(c2C1=O)CN(C(=O)O)CC3. The number of nitrogens with zero attached hydrogens (tertiary/aromatic N) is 4. The minimum Gasteiger partial charge on any atom is -0.465 e. The number of aromatic nitrogens is 2. The summed E-state index contributed by atoms with van der Waals surface area (Å²) in [5.74, 6) is -0.369. The zero-order valence-corrected chi connectivity index (χ0v) is 11.0. The van der Waals surface area contributed by atoms with Gasteiger partial charge in [-0.05, 0) is 0 Å². The predicted molar refractivity (Wildman–Crippen MR) is 66.3 cm³/mol. The standard InChI is InChI=1S/C12H14N4O4/c1-14-4-7(17)5-16-10(11(14)18)8-6-15(12(19)20)3-2-9(8)13-16/h2-6H2,1H3,(H,19,20). The number of rotatable bonds is 0. The lowest BCUT2D eigenvalue weighted by Gasteiger charge is -2.24. The smallest absolute Gasteiger partial charge is 0.407 e. The molecule has 0 unspecified atom stereocenters. The van der Waals surface area contributed by atoms with Crippen LogP contribution in [0.1, 0.15) is 21.7 Å². The monoisotopic (exact) mass is 278 g/mol. The molecule has 0 spiro atoms. The lowest BCUT2D eigenvalue weighted by atomic mass is 10.1. The average Bonchev–Trinajstić information content (AvgIpc) is 2.68. The number of carboxylic acid groups (broad SMARTS) is 1. The largest absolute Gasteiger partial charge is 0.465 e. The number of ketones is 1. The van der Waals surface area contributed by atoms with E-state index in [2.05, 4.69) is 5.10 Å². The molecule has 2 aliphatic heterocycles. The summed E-state index contributed by atoms with van der Waals surface area (Å²) in [6, 6.07) is 0. The molecule has 0 aromatic carbocycles. The Morgan fingerprint density at radius 2 is 2.00 bits per heavy atom. The van der Waals surface area contributed by atoms with Gasteiger partial charge in [0, 0.05) is 25.6 Å². The first-order valence-corrected chi connectivity index (χ1v) is 6.31. The maximum absolute atomic E-state index is 12.3. The molecule has 1 N–H and O–H groups in total. The molecular weight excluding hydrogens is 264 g/mol. The number of fused-ring (bicyclic) bond motifs is 3. The van der Waals surface area contributed by atoms with E-state index in [4.69, 9.17) is 5.11 Å². The normalized spacial score (nSPS) is 18.6. The molecule has 1 aromatic heterocycles. The van der Waals surface area contributed by atoms with Crippen LogP contribution < -0.4 is 0 Å². The van der Waals surface area contributed by atoms with Gasteiger partial charge in [-0.15, -0.1) is 0 Å². The van der Waals surface area contributed by atoms with E-state index in [9.17, 15) is 14.4 Å². The molecule has 3 rings (SSSR count). The van der Waals surface area contributed by atoms with E-state index in [0.717, 1.165) is 0 Å². The van der Waals surface area contributed by atoms with Gasteiger partial charge in [-0.2, -0.15) is 5.10 Å². The first kappa shape index (κ1) is 12.6. The van der Waals surface area contributed by atoms with Gasteiger partial charge in [0.25, 0.3) is 5.91 Å². The molecule has 0 radical (unpaired) electrons. The molecule has 8 nitrogen and oxygen atoms in total. The van der Waals surface area contributed by atoms with Gasteiger partial charge < -0.3 is 14.9 Å². The van der Waals surface area contributed by atoms with Crippen molar-refractivity contribution in [2.24, 2.45) is 0 Å². The number of Topliss-reactive ketones (excluding diaryl/α,β-unsaturated/α-hetero) is 1. The average molecular weight is 278 g/mol. The van der Waals surface area contributed by atoms with Crippen LogP contribution in [-0.4, -0.2) is 62.6 Å². The summed E-state index contributed by atoms with van der Waals surface area (Å²) in [6.45, 7) is 0.621. The Labute approximate surface area is 114 Å². The molecule has 8 heteroatoms. The number of hydrogen-bond donors (Lipinski definition) is 1. The van der Waals surface area contributed by atoms with Gasteiger partial charge in [-0.25, -0.2) is 4.79 Å². The molecule has 3 heterocycles. The van der Waals surface area contributed by atoms with Gasteiger partial charge in [0.15, 0.2) is 5.78 Å². The first-order chi connectivity index (χ1) is 9.47. The number of carbonyl (C=O) groups excluding carboxylic acids is 2. The second-order valence-electron chi connectivity index (χ2n) is 5.09. The van der Waals surface area contributed by atoms with Crippen molar-refractivity contribution in [2.75, 3.05) is 20.1 Å². The van der Waals surface area contributed by atoms with Crippen molar-refractivity contribution in [1.29, 1.82) is 0 Å². The van der Waals surface area contributed by atoms with Gasteiger partial charge in [0.1, 0.15) is 12.2 Å². The Hall–Kier alpha value is -2.38. The fourth-order valence-corrected chi connectivity index (χ4v) is 2.68. The maximum Gasteiger partial charge on any atom is 0.407 e. The van der Waals surface area contributed by atoms with Gasteiger partial charge >= 0.3 is 6.09 Å². The highest BCUT2D eigenvalue weighted by Crippen LogP contribution is 2.24. The molecule has 106 valence electrons. The Bertz CT molecular complexity index is 621. The van der Waals surface area contributed by atoms with Crippen LogP contribution in [0.15, 0.2) is 0 Å². The number of carbonyl (C=O) groups is 3. The van der Waals surface area contributed by atoms with Gasteiger partial charge in [0.2, 0.25) is 0 Å². The third-order valence-electron chi connectivity index (χ3n) is 3.66. The summed E-state index contributed by atoms with van der Waals surface area (Å²) >= 11 is 0. The lowest BCUT2D eigenvalue weighted by molar-refractivity contribution is -0.119. The fraction of sp³-hybridized carbons (Fsp3) is 0.500. The van der Waals surface area contributed by atoms with Crippen LogP contribution in [0, 0.1) is 0 Å². The Balaban J connectivity index is 2.07. The molecule has 0 atom stereocenters. The van der Waals surface area contributed by atoms with E-state index >= 15 is 0 Å². The summed E-state index contributed by atoms with van der Waals surface area (Å²) in [5, 5.41) is 13.4. The number of amides is 2. The molecule has 2 aliphatic rings. The van der Waals surface area contributed by atoms with Crippen LogP contribution >= 0.6 is 0 Å². The topological polar surface area (TPSA) is 95.7 Å². The van der Waals surface area contributed by atoms with E-state index in [1.54, 1.807) is 7.05 Å². The second-order valence-corrected chi connectivity index (χ2v) is 5.09. The predicted octanol–water partition coefficient (Wildman–Crippen LogP) is -0.426. The van der Waals surface area contributed by atoms with Crippen molar-refractivity contribution in [1.82, 2.24) is 19.6 Å².